The van der Waals surface area contributed by atoms with E-state index in [9.17, 15) is 0 Å². The lowest BCUT2D eigenvalue weighted by atomic mass is 9.86. The van der Waals surface area contributed by atoms with Crippen molar-refractivity contribution in [1.29, 1.82) is 0 Å². The molecule has 0 bridgehead atoms. The minimum atomic E-state index is 0.366. The van der Waals surface area contributed by atoms with Crippen LogP contribution in [0.25, 0.3) is 0 Å². The first-order chi connectivity index (χ1) is 9.30. The molecule has 19 heavy (non-hydrogen) atoms. The quantitative estimate of drug-likeness (QED) is 0.750. The normalized spacial score (nSPS) is 36.2. The van der Waals surface area contributed by atoms with Crippen LogP contribution in [0.4, 0.5) is 0 Å². The molecule has 0 aromatic carbocycles. The van der Waals surface area contributed by atoms with Gasteiger partial charge in [-0.1, -0.05) is 0 Å². The molecule has 2 aliphatic heterocycles. The van der Waals surface area contributed by atoms with Gasteiger partial charge in [-0.25, -0.2) is 0 Å². The molecule has 0 aromatic heterocycles. The average Bonchev–Trinajstić information content (AvgIpc) is 2.97. The second-order valence-electron chi connectivity index (χ2n) is 6.80. The van der Waals surface area contributed by atoms with E-state index in [0.29, 0.717) is 5.41 Å². The Morgan fingerprint density at radius 1 is 1.37 bits per heavy atom. The molecular weight excluding hydrogens is 240 g/mol. The maximum Gasteiger partial charge on any atom is 0.0547 e. The lowest BCUT2D eigenvalue weighted by molar-refractivity contribution is 0.110. The summed E-state index contributed by atoms with van der Waals surface area (Å²) >= 11 is 0. The maximum absolute atomic E-state index is 5.71. The van der Waals surface area contributed by atoms with Crippen molar-refractivity contribution in [3.8, 4) is 0 Å². The number of nitrogens with zero attached hydrogens (tertiary/aromatic N) is 1. The van der Waals surface area contributed by atoms with Gasteiger partial charge in [-0.05, 0) is 38.1 Å². The molecule has 1 aliphatic carbocycles. The van der Waals surface area contributed by atoms with Crippen molar-refractivity contribution < 1.29 is 9.47 Å². The van der Waals surface area contributed by atoms with Crippen molar-refractivity contribution in [2.24, 2.45) is 11.3 Å². The standard InChI is InChI=1S/C15H28N2O2/c1-18-9-13-4-6-17(8-13)11-15(5-7-19-12-15)10-16-14-2-3-14/h13-14,16H,2-12H2,1H3. The van der Waals surface area contributed by atoms with E-state index in [1.54, 1.807) is 0 Å². The van der Waals surface area contributed by atoms with E-state index >= 15 is 0 Å². The molecule has 0 spiro atoms. The van der Waals surface area contributed by atoms with Gasteiger partial charge in [0.05, 0.1) is 13.2 Å². The van der Waals surface area contributed by atoms with Crippen LogP contribution in [-0.2, 0) is 9.47 Å². The van der Waals surface area contributed by atoms with Crippen molar-refractivity contribution in [2.75, 3.05) is 53.1 Å². The first-order valence-corrected chi connectivity index (χ1v) is 7.82. The van der Waals surface area contributed by atoms with E-state index in [4.69, 9.17) is 9.47 Å². The van der Waals surface area contributed by atoms with E-state index in [0.717, 1.165) is 38.3 Å². The molecule has 0 radical (unpaired) electrons. The Kier molecular flexibility index (Phi) is 4.42. The average molecular weight is 268 g/mol. The van der Waals surface area contributed by atoms with Crippen molar-refractivity contribution >= 4 is 0 Å². The molecule has 2 atom stereocenters. The summed E-state index contributed by atoms with van der Waals surface area (Å²) in [6.07, 6.45) is 5.26. The predicted molar refractivity (Wildman–Crippen MR) is 75.3 cm³/mol. The van der Waals surface area contributed by atoms with Gasteiger partial charge in [0.15, 0.2) is 0 Å². The van der Waals surface area contributed by atoms with Gasteiger partial charge < -0.3 is 19.7 Å². The summed E-state index contributed by atoms with van der Waals surface area (Å²) in [5.74, 6) is 0.737. The molecule has 3 rings (SSSR count). The third kappa shape index (κ3) is 3.69. The van der Waals surface area contributed by atoms with Crippen molar-refractivity contribution in [1.82, 2.24) is 10.2 Å². The number of nitrogens with one attached hydrogen (secondary N) is 1. The molecule has 2 heterocycles. The van der Waals surface area contributed by atoms with Gasteiger partial charge in [-0.15, -0.1) is 0 Å². The molecule has 3 fully saturated rings. The van der Waals surface area contributed by atoms with Crippen LogP contribution in [0.1, 0.15) is 25.7 Å². The van der Waals surface area contributed by atoms with Gasteiger partial charge in [0, 0.05) is 44.8 Å². The Morgan fingerprint density at radius 3 is 2.95 bits per heavy atom. The second kappa shape index (κ2) is 6.08. The molecular formula is C15H28N2O2. The third-order valence-electron chi connectivity index (χ3n) is 4.86. The second-order valence-corrected chi connectivity index (χ2v) is 6.80. The fraction of sp³-hybridized carbons (Fsp3) is 1.00. The molecule has 0 amide bonds. The van der Waals surface area contributed by atoms with Gasteiger partial charge in [0.1, 0.15) is 0 Å². The zero-order valence-electron chi connectivity index (χ0n) is 12.2. The summed E-state index contributed by atoms with van der Waals surface area (Å²) in [5.41, 5.74) is 0.366. The van der Waals surface area contributed by atoms with E-state index in [1.807, 2.05) is 7.11 Å². The number of hydrogen-bond acceptors (Lipinski definition) is 4. The van der Waals surface area contributed by atoms with E-state index in [-0.39, 0.29) is 0 Å². The fourth-order valence-corrected chi connectivity index (χ4v) is 3.52. The van der Waals surface area contributed by atoms with Crippen molar-refractivity contribution in [3.63, 3.8) is 0 Å². The lowest BCUT2D eigenvalue weighted by Gasteiger charge is -2.32. The van der Waals surface area contributed by atoms with E-state index in [2.05, 4.69) is 10.2 Å². The summed E-state index contributed by atoms with van der Waals surface area (Å²) in [5, 5.41) is 3.72. The molecule has 3 aliphatic rings. The highest BCUT2D eigenvalue weighted by Crippen LogP contribution is 2.32. The van der Waals surface area contributed by atoms with Gasteiger partial charge in [-0.2, -0.15) is 0 Å². The van der Waals surface area contributed by atoms with Crippen molar-refractivity contribution in [2.45, 2.75) is 31.7 Å². The molecule has 2 saturated heterocycles. The Bertz CT molecular complexity index is 288. The zero-order valence-corrected chi connectivity index (χ0v) is 12.2. The summed E-state index contributed by atoms with van der Waals surface area (Å²) in [7, 11) is 1.81. The SMILES string of the molecule is COCC1CCN(CC2(CNC3CC3)CCOC2)C1. The summed E-state index contributed by atoms with van der Waals surface area (Å²) in [6, 6.07) is 0.803. The smallest absolute Gasteiger partial charge is 0.0547 e. The molecule has 0 aromatic rings. The van der Waals surface area contributed by atoms with Crippen LogP contribution in [0.5, 0.6) is 0 Å². The fourth-order valence-electron chi connectivity index (χ4n) is 3.52. The summed E-state index contributed by atoms with van der Waals surface area (Å²) in [6.45, 7) is 7.59. The first kappa shape index (κ1) is 13.8. The summed E-state index contributed by atoms with van der Waals surface area (Å²) < 4.78 is 11.0. The van der Waals surface area contributed by atoms with Crippen molar-refractivity contribution in [3.05, 3.63) is 0 Å². The number of methoxy groups -OCH3 is 1. The zero-order chi connectivity index (χ0) is 13.1. The van der Waals surface area contributed by atoms with Gasteiger partial charge in [-0.3, -0.25) is 0 Å². The third-order valence-corrected chi connectivity index (χ3v) is 4.86. The lowest BCUT2D eigenvalue weighted by Crippen LogP contribution is -2.44. The van der Waals surface area contributed by atoms with Gasteiger partial charge in [0.2, 0.25) is 0 Å². The van der Waals surface area contributed by atoms with Crippen LogP contribution in [-0.4, -0.2) is 64.1 Å². The number of rotatable bonds is 7. The molecule has 110 valence electrons. The Balaban J connectivity index is 1.49. The molecule has 1 saturated carbocycles. The van der Waals surface area contributed by atoms with Crippen LogP contribution >= 0.6 is 0 Å². The van der Waals surface area contributed by atoms with Gasteiger partial charge in [0.25, 0.3) is 0 Å². The molecule has 1 N–H and O–H groups in total. The first-order valence-electron chi connectivity index (χ1n) is 7.82. The van der Waals surface area contributed by atoms with Crippen LogP contribution in [0.2, 0.25) is 0 Å². The molecule has 4 heteroatoms. The Hall–Kier alpha value is -0.160. The van der Waals surface area contributed by atoms with Crippen LogP contribution in [0.15, 0.2) is 0 Å². The van der Waals surface area contributed by atoms with E-state index in [1.165, 1.54) is 45.3 Å². The predicted octanol–water partition coefficient (Wildman–Crippen LogP) is 1.11. The largest absolute Gasteiger partial charge is 0.384 e. The maximum atomic E-state index is 5.71. The number of ether oxygens (including phenoxy) is 2. The number of likely N-dealkylation sites (tertiary alicyclic amines) is 1. The highest BCUT2D eigenvalue weighted by molar-refractivity contribution is 4.93. The monoisotopic (exact) mass is 268 g/mol. The Morgan fingerprint density at radius 2 is 2.26 bits per heavy atom. The highest BCUT2D eigenvalue weighted by Gasteiger charge is 2.39. The van der Waals surface area contributed by atoms with Gasteiger partial charge >= 0.3 is 0 Å². The van der Waals surface area contributed by atoms with Crippen LogP contribution in [0.3, 0.4) is 0 Å². The minimum Gasteiger partial charge on any atom is -0.384 e. The summed E-state index contributed by atoms with van der Waals surface area (Å²) in [4.78, 5) is 2.63. The van der Waals surface area contributed by atoms with E-state index < -0.39 is 0 Å². The minimum absolute atomic E-state index is 0.366. The molecule has 2 unspecified atom stereocenters. The van der Waals surface area contributed by atoms with Crippen LogP contribution < -0.4 is 5.32 Å². The van der Waals surface area contributed by atoms with Crippen LogP contribution in [0, 0.1) is 11.3 Å². The topological polar surface area (TPSA) is 33.7 Å². The Labute approximate surface area is 116 Å². The number of hydrogen-bond donors (Lipinski definition) is 1. The molecule has 4 nitrogen and oxygen atoms in total. The highest BCUT2D eigenvalue weighted by atomic mass is 16.5.